The maximum Gasteiger partial charge on any atom is 0.223 e. The molecule has 1 aromatic heterocycles. The Kier molecular flexibility index (Phi) is 3.47. The van der Waals surface area contributed by atoms with Crippen LogP contribution in [0.1, 0.15) is 18.5 Å². The second kappa shape index (κ2) is 5.04. The largest absolute Gasteiger partial charge is 0.390 e. The number of aromatic nitrogens is 2. The number of aliphatic hydroxyl groups excluding tert-OH is 1. The van der Waals surface area contributed by atoms with E-state index in [0.29, 0.717) is 11.6 Å². The molecule has 1 aliphatic heterocycles. The van der Waals surface area contributed by atoms with Crippen LogP contribution in [0.4, 0.5) is 5.95 Å². The summed E-state index contributed by atoms with van der Waals surface area (Å²) in [5.41, 5.74) is 0.625. The highest BCUT2D eigenvalue weighted by Crippen LogP contribution is 2.12. The van der Waals surface area contributed by atoms with Crippen molar-refractivity contribution in [3.63, 3.8) is 0 Å². The Bertz CT molecular complexity index is 313. The predicted molar refractivity (Wildman–Crippen MR) is 55.4 cm³/mol. The molecule has 1 fully saturated rings. The monoisotopic (exact) mass is 209 g/mol. The summed E-state index contributed by atoms with van der Waals surface area (Å²) in [6.07, 6.45) is 4.12. The van der Waals surface area contributed by atoms with Crippen molar-refractivity contribution in [3.8, 4) is 0 Å². The van der Waals surface area contributed by atoms with E-state index in [1.807, 2.05) is 0 Å². The van der Waals surface area contributed by atoms with Gasteiger partial charge in [0.1, 0.15) is 0 Å². The fourth-order valence-electron chi connectivity index (χ4n) is 1.58. The molecule has 1 saturated heterocycles. The lowest BCUT2D eigenvalue weighted by Crippen LogP contribution is -2.19. The van der Waals surface area contributed by atoms with Crippen LogP contribution in [-0.4, -0.2) is 34.3 Å². The number of hydrogen-bond acceptors (Lipinski definition) is 5. The van der Waals surface area contributed by atoms with Crippen LogP contribution in [0.2, 0.25) is 0 Å². The van der Waals surface area contributed by atoms with E-state index in [4.69, 9.17) is 9.84 Å². The summed E-state index contributed by atoms with van der Waals surface area (Å²) in [6, 6.07) is 1.69. The summed E-state index contributed by atoms with van der Waals surface area (Å²) < 4.78 is 5.46. The first-order valence-corrected chi connectivity index (χ1v) is 5.17. The SMILES string of the molecule is OCc1ccnc(NCC2CCCO2)n1. The van der Waals surface area contributed by atoms with Crippen LogP contribution in [0, 0.1) is 0 Å². The third-order valence-corrected chi connectivity index (χ3v) is 2.39. The van der Waals surface area contributed by atoms with Gasteiger partial charge in [0.25, 0.3) is 0 Å². The Morgan fingerprint density at radius 2 is 2.53 bits per heavy atom. The Hall–Kier alpha value is -1.20. The van der Waals surface area contributed by atoms with Gasteiger partial charge in [-0.25, -0.2) is 9.97 Å². The fourth-order valence-corrected chi connectivity index (χ4v) is 1.58. The molecule has 1 atom stereocenters. The van der Waals surface area contributed by atoms with Gasteiger partial charge in [0.05, 0.1) is 18.4 Å². The van der Waals surface area contributed by atoms with E-state index >= 15 is 0 Å². The first kappa shape index (κ1) is 10.3. The van der Waals surface area contributed by atoms with Crippen LogP contribution in [0.15, 0.2) is 12.3 Å². The summed E-state index contributed by atoms with van der Waals surface area (Å²) in [5.74, 6) is 0.553. The summed E-state index contributed by atoms with van der Waals surface area (Å²) in [6.45, 7) is 1.52. The van der Waals surface area contributed by atoms with Crippen LogP contribution >= 0.6 is 0 Å². The lowest BCUT2D eigenvalue weighted by molar-refractivity contribution is 0.120. The lowest BCUT2D eigenvalue weighted by atomic mass is 10.2. The maximum absolute atomic E-state index is 8.90. The van der Waals surface area contributed by atoms with Crippen molar-refractivity contribution in [1.82, 2.24) is 9.97 Å². The molecule has 1 aromatic rings. The third-order valence-electron chi connectivity index (χ3n) is 2.39. The summed E-state index contributed by atoms with van der Waals surface area (Å²) >= 11 is 0. The molecule has 0 radical (unpaired) electrons. The van der Waals surface area contributed by atoms with E-state index in [1.165, 1.54) is 0 Å². The molecule has 0 aliphatic carbocycles. The first-order valence-electron chi connectivity index (χ1n) is 5.17. The molecule has 82 valence electrons. The van der Waals surface area contributed by atoms with E-state index in [2.05, 4.69) is 15.3 Å². The number of rotatable bonds is 4. The van der Waals surface area contributed by atoms with Gasteiger partial charge >= 0.3 is 0 Å². The number of nitrogens with one attached hydrogen (secondary N) is 1. The predicted octanol–water partition coefficient (Wildman–Crippen LogP) is 0.560. The summed E-state index contributed by atoms with van der Waals surface area (Å²) in [7, 11) is 0. The Balaban J connectivity index is 1.86. The van der Waals surface area contributed by atoms with Gasteiger partial charge in [-0.05, 0) is 18.9 Å². The van der Waals surface area contributed by atoms with Crippen LogP contribution in [0.5, 0.6) is 0 Å². The number of nitrogens with zero attached hydrogens (tertiary/aromatic N) is 2. The van der Waals surface area contributed by atoms with Gasteiger partial charge in [0, 0.05) is 19.3 Å². The van der Waals surface area contributed by atoms with E-state index in [9.17, 15) is 0 Å². The molecule has 2 N–H and O–H groups in total. The number of aliphatic hydroxyl groups is 1. The minimum absolute atomic E-state index is 0.0584. The number of ether oxygens (including phenoxy) is 1. The van der Waals surface area contributed by atoms with E-state index in [0.717, 1.165) is 26.0 Å². The Labute approximate surface area is 88.5 Å². The molecule has 0 spiro atoms. The van der Waals surface area contributed by atoms with Gasteiger partial charge in [-0.15, -0.1) is 0 Å². The molecule has 5 heteroatoms. The molecular formula is C10H15N3O2. The topological polar surface area (TPSA) is 67.3 Å². The second-order valence-corrected chi connectivity index (χ2v) is 3.55. The van der Waals surface area contributed by atoms with Gasteiger partial charge in [-0.3, -0.25) is 0 Å². The zero-order valence-corrected chi connectivity index (χ0v) is 8.52. The summed E-state index contributed by atoms with van der Waals surface area (Å²) in [5, 5.41) is 12.0. The molecule has 2 rings (SSSR count). The van der Waals surface area contributed by atoms with Crippen molar-refractivity contribution < 1.29 is 9.84 Å². The molecule has 0 amide bonds. The lowest BCUT2D eigenvalue weighted by Gasteiger charge is -2.10. The van der Waals surface area contributed by atoms with Gasteiger partial charge in [-0.1, -0.05) is 0 Å². The van der Waals surface area contributed by atoms with Crippen LogP contribution in [-0.2, 0) is 11.3 Å². The molecule has 1 aliphatic rings. The van der Waals surface area contributed by atoms with Gasteiger partial charge in [0.2, 0.25) is 5.95 Å². The quantitative estimate of drug-likeness (QED) is 0.758. The average molecular weight is 209 g/mol. The van der Waals surface area contributed by atoms with E-state index < -0.39 is 0 Å². The number of hydrogen-bond donors (Lipinski definition) is 2. The van der Waals surface area contributed by atoms with Crippen LogP contribution in [0.25, 0.3) is 0 Å². The molecular weight excluding hydrogens is 194 g/mol. The minimum atomic E-state index is -0.0584. The van der Waals surface area contributed by atoms with Crippen LogP contribution < -0.4 is 5.32 Å². The molecule has 0 bridgehead atoms. The standard InChI is InChI=1S/C10H15N3O2/c14-7-8-3-4-11-10(13-8)12-6-9-2-1-5-15-9/h3-4,9,14H,1-2,5-7H2,(H,11,12,13). The van der Waals surface area contributed by atoms with Crippen molar-refractivity contribution in [3.05, 3.63) is 18.0 Å². The molecule has 2 heterocycles. The van der Waals surface area contributed by atoms with E-state index in [-0.39, 0.29) is 12.7 Å². The third kappa shape index (κ3) is 2.87. The second-order valence-electron chi connectivity index (χ2n) is 3.55. The van der Waals surface area contributed by atoms with Gasteiger partial charge in [0.15, 0.2) is 0 Å². The molecule has 5 nitrogen and oxygen atoms in total. The van der Waals surface area contributed by atoms with E-state index in [1.54, 1.807) is 12.3 Å². The van der Waals surface area contributed by atoms with Crippen molar-refractivity contribution in [2.24, 2.45) is 0 Å². The Morgan fingerprint density at radius 1 is 1.60 bits per heavy atom. The molecule has 0 saturated carbocycles. The summed E-state index contributed by atoms with van der Waals surface area (Å²) in [4.78, 5) is 8.18. The smallest absolute Gasteiger partial charge is 0.223 e. The van der Waals surface area contributed by atoms with Crippen molar-refractivity contribution >= 4 is 5.95 Å². The zero-order chi connectivity index (χ0) is 10.5. The average Bonchev–Trinajstić information content (AvgIpc) is 2.79. The maximum atomic E-state index is 8.90. The first-order chi connectivity index (χ1) is 7.38. The minimum Gasteiger partial charge on any atom is -0.390 e. The highest BCUT2D eigenvalue weighted by molar-refractivity contribution is 5.25. The number of anilines is 1. The fraction of sp³-hybridized carbons (Fsp3) is 0.600. The van der Waals surface area contributed by atoms with Crippen molar-refractivity contribution in [2.45, 2.75) is 25.6 Å². The molecule has 15 heavy (non-hydrogen) atoms. The van der Waals surface area contributed by atoms with Gasteiger partial charge in [-0.2, -0.15) is 0 Å². The van der Waals surface area contributed by atoms with Crippen LogP contribution in [0.3, 0.4) is 0 Å². The zero-order valence-electron chi connectivity index (χ0n) is 8.52. The normalized spacial score (nSPS) is 20.5. The highest BCUT2D eigenvalue weighted by atomic mass is 16.5. The van der Waals surface area contributed by atoms with Crippen molar-refractivity contribution in [1.29, 1.82) is 0 Å². The highest BCUT2D eigenvalue weighted by Gasteiger charge is 2.15. The molecule has 1 unspecified atom stereocenters. The molecule has 0 aromatic carbocycles. The van der Waals surface area contributed by atoms with Gasteiger partial charge < -0.3 is 15.2 Å². The van der Waals surface area contributed by atoms with Crippen molar-refractivity contribution in [2.75, 3.05) is 18.5 Å². The Morgan fingerprint density at radius 3 is 3.27 bits per heavy atom.